The van der Waals surface area contributed by atoms with Gasteiger partial charge in [-0.1, -0.05) is 11.8 Å². The Hall–Kier alpha value is -2.85. The fraction of sp³-hybridized carbons (Fsp3) is 0.333. The van der Waals surface area contributed by atoms with E-state index >= 15 is 0 Å². The maximum Gasteiger partial charge on any atom is 0.318 e. The van der Waals surface area contributed by atoms with Crippen LogP contribution in [0.1, 0.15) is 30.2 Å². The summed E-state index contributed by atoms with van der Waals surface area (Å²) >= 11 is 2.66. The van der Waals surface area contributed by atoms with Crippen LogP contribution in [-0.4, -0.2) is 33.8 Å². The molecule has 0 fully saturated rings. The fourth-order valence-electron chi connectivity index (χ4n) is 3.66. The van der Waals surface area contributed by atoms with E-state index in [-0.39, 0.29) is 5.56 Å². The SMILES string of the molecule is COc1ccc(-n2c(SC(C)C(=O)NC(N)=O)nc3sc4c(c3c2=O)CCCC4)cc1. The van der Waals surface area contributed by atoms with Crippen LogP contribution in [0, 0.1) is 0 Å². The van der Waals surface area contributed by atoms with Crippen molar-refractivity contribution in [2.45, 2.75) is 43.0 Å². The van der Waals surface area contributed by atoms with Gasteiger partial charge in [0.1, 0.15) is 10.6 Å². The molecule has 1 aromatic carbocycles. The molecule has 10 heteroatoms. The first-order chi connectivity index (χ1) is 14.9. The summed E-state index contributed by atoms with van der Waals surface area (Å²) in [7, 11) is 1.58. The Morgan fingerprint density at radius 1 is 1.26 bits per heavy atom. The molecule has 1 unspecified atom stereocenters. The van der Waals surface area contributed by atoms with Crippen LogP contribution < -0.4 is 21.3 Å². The summed E-state index contributed by atoms with van der Waals surface area (Å²) in [6, 6.07) is 6.19. The van der Waals surface area contributed by atoms with Gasteiger partial charge in [-0.15, -0.1) is 11.3 Å². The Balaban J connectivity index is 1.87. The highest BCUT2D eigenvalue weighted by Gasteiger charge is 2.25. The summed E-state index contributed by atoms with van der Waals surface area (Å²) < 4.78 is 6.76. The number of imide groups is 1. The lowest BCUT2D eigenvalue weighted by molar-refractivity contribution is -0.119. The number of nitrogens with one attached hydrogen (secondary N) is 1. The molecule has 2 heterocycles. The highest BCUT2D eigenvalue weighted by Crippen LogP contribution is 2.36. The van der Waals surface area contributed by atoms with E-state index in [1.807, 2.05) is 0 Å². The number of benzene rings is 1. The number of carbonyl (C=O) groups is 2. The molecule has 1 atom stereocenters. The summed E-state index contributed by atoms with van der Waals surface area (Å²) in [4.78, 5) is 43.7. The molecule has 3 N–H and O–H groups in total. The van der Waals surface area contributed by atoms with Crippen LogP contribution in [0.3, 0.4) is 0 Å². The molecule has 0 saturated carbocycles. The Morgan fingerprint density at radius 3 is 2.65 bits per heavy atom. The molecule has 0 saturated heterocycles. The number of methoxy groups -OCH3 is 1. The van der Waals surface area contributed by atoms with Crippen molar-refractivity contribution in [3.8, 4) is 11.4 Å². The lowest BCUT2D eigenvalue weighted by Crippen LogP contribution is -2.39. The van der Waals surface area contributed by atoms with Crippen LogP contribution in [-0.2, 0) is 17.6 Å². The van der Waals surface area contributed by atoms with E-state index in [4.69, 9.17) is 15.5 Å². The van der Waals surface area contributed by atoms with Gasteiger partial charge in [-0.25, -0.2) is 9.78 Å². The number of hydrogen-bond donors (Lipinski definition) is 2. The highest BCUT2D eigenvalue weighted by atomic mass is 32.2. The smallest absolute Gasteiger partial charge is 0.318 e. The number of aromatic nitrogens is 2. The first-order valence-corrected chi connectivity index (χ1v) is 11.6. The second-order valence-corrected chi connectivity index (χ2v) is 9.63. The first-order valence-electron chi connectivity index (χ1n) is 9.87. The number of nitrogens with two attached hydrogens (primary N) is 1. The number of primary amides is 1. The van der Waals surface area contributed by atoms with Crippen molar-refractivity contribution in [1.82, 2.24) is 14.9 Å². The number of ether oxygens (including phenoxy) is 1. The van der Waals surface area contributed by atoms with Gasteiger partial charge in [0.05, 0.1) is 23.4 Å². The molecule has 1 aliphatic carbocycles. The largest absolute Gasteiger partial charge is 0.497 e. The minimum Gasteiger partial charge on any atom is -0.497 e. The zero-order chi connectivity index (χ0) is 22.1. The molecule has 31 heavy (non-hydrogen) atoms. The Kier molecular flexibility index (Phi) is 6.01. The number of nitrogens with zero attached hydrogens (tertiary/aromatic N) is 2. The highest BCUT2D eigenvalue weighted by molar-refractivity contribution is 8.00. The molecule has 0 radical (unpaired) electrons. The average Bonchev–Trinajstić information content (AvgIpc) is 3.12. The predicted octanol–water partition coefficient (Wildman–Crippen LogP) is 3.01. The van der Waals surface area contributed by atoms with E-state index in [1.165, 1.54) is 9.44 Å². The lowest BCUT2D eigenvalue weighted by Gasteiger charge is -2.16. The monoisotopic (exact) mass is 458 g/mol. The molecule has 3 amide bonds. The Bertz CT molecular complexity index is 1220. The molecular weight excluding hydrogens is 436 g/mol. The maximum atomic E-state index is 13.7. The van der Waals surface area contributed by atoms with Crippen LogP contribution in [0.5, 0.6) is 5.75 Å². The van der Waals surface area contributed by atoms with E-state index in [0.717, 1.165) is 43.0 Å². The van der Waals surface area contributed by atoms with E-state index in [0.29, 0.717) is 26.8 Å². The van der Waals surface area contributed by atoms with Crippen molar-refractivity contribution in [3.63, 3.8) is 0 Å². The van der Waals surface area contributed by atoms with E-state index in [1.54, 1.807) is 49.6 Å². The standard InChI is InChI=1S/C21H22N4O4S2/c1-11(17(26)23-20(22)28)30-21-24-18-16(14-5-3-4-6-15(14)31-18)19(27)25(21)12-7-9-13(29-2)10-8-12/h7-11H,3-6H2,1-2H3,(H3,22,23,26,28). The molecule has 2 aromatic heterocycles. The van der Waals surface area contributed by atoms with Crippen molar-refractivity contribution in [2.75, 3.05) is 7.11 Å². The number of aryl methyl sites for hydroxylation is 2. The Labute approximate surface area is 186 Å². The van der Waals surface area contributed by atoms with Crippen molar-refractivity contribution in [2.24, 2.45) is 5.73 Å². The number of hydrogen-bond acceptors (Lipinski definition) is 7. The first kappa shape index (κ1) is 21.4. The van der Waals surface area contributed by atoms with Gasteiger partial charge in [0, 0.05) is 4.88 Å². The van der Waals surface area contributed by atoms with Crippen molar-refractivity contribution in [1.29, 1.82) is 0 Å². The molecule has 0 aliphatic heterocycles. The number of thiophene rings is 1. The number of amides is 3. The average molecular weight is 459 g/mol. The van der Waals surface area contributed by atoms with Crippen LogP contribution in [0.25, 0.3) is 15.9 Å². The van der Waals surface area contributed by atoms with Crippen LogP contribution in [0.15, 0.2) is 34.2 Å². The van der Waals surface area contributed by atoms with Gasteiger partial charge in [-0.2, -0.15) is 0 Å². The molecular formula is C21H22N4O4S2. The van der Waals surface area contributed by atoms with Crippen molar-refractivity contribution < 1.29 is 14.3 Å². The molecule has 8 nitrogen and oxygen atoms in total. The summed E-state index contributed by atoms with van der Waals surface area (Å²) in [5, 5.41) is 2.44. The number of carbonyl (C=O) groups excluding carboxylic acids is 2. The second kappa shape index (κ2) is 8.72. The third-order valence-corrected chi connectivity index (χ3v) is 7.42. The zero-order valence-corrected chi connectivity index (χ0v) is 18.8. The molecule has 0 bridgehead atoms. The summed E-state index contributed by atoms with van der Waals surface area (Å²) in [6.07, 6.45) is 4.00. The van der Waals surface area contributed by atoms with Gasteiger partial charge in [0.2, 0.25) is 5.91 Å². The quantitative estimate of drug-likeness (QED) is 0.448. The molecule has 4 rings (SSSR count). The third-order valence-electron chi connectivity index (χ3n) is 5.19. The number of thioether (sulfide) groups is 1. The number of fused-ring (bicyclic) bond motifs is 3. The molecule has 3 aromatic rings. The van der Waals surface area contributed by atoms with Gasteiger partial charge in [-0.05, 0) is 62.4 Å². The van der Waals surface area contributed by atoms with E-state index < -0.39 is 17.2 Å². The number of rotatable bonds is 5. The predicted molar refractivity (Wildman–Crippen MR) is 121 cm³/mol. The summed E-state index contributed by atoms with van der Waals surface area (Å²) in [5.74, 6) is 0.126. The van der Waals surface area contributed by atoms with Gasteiger partial charge in [0.25, 0.3) is 5.56 Å². The van der Waals surface area contributed by atoms with E-state index in [9.17, 15) is 14.4 Å². The minimum atomic E-state index is -0.917. The fourth-order valence-corrected chi connectivity index (χ4v) is 5.89. The van der Waals surface area contributed by atoms with Crippen molar-refractivity contribution >= 4 is 45.3 Å². The van der Waals surface area contributed by atoms with Gasteiger partial charge in [-0.3, -0.25) is 19.5 Å². The topological polar surface area (TPSA) is 116 Å². The zero-order valence-electron chi connectivity index (χ0n) is 17.1. The van der Waals surface area contributed by atoms with Gasteiger partial charge >= 0.3 is 6.03 Å². The molecule has 0 spiro atoms. The van der Waals surface area contributed by atoms with Crippen molar-refractivity contribution in [3.05, 3.63) is 45.1 Å². The molecule has 162 valence electrons. The van der Waals surface area contributed by atoms with E-state index in [2.05, 4.69) is 5.32 Å². The number of urea groups is 1. The minimum absolute atomic E-state index is 0.153. The van der Waals surface area contributed by atoms with Gasteiger partial charge in [0.15, 0.2) is 5.16 Å². The second-order valence-electron chi connectivity index (χ2n) is 7.24. The van der Waals surface area contributed by atoms with Crippen LogP contribution in [0.2, 0.25) is 0 Å². The lowest BCUT2D eigenvalue weighted by atomic mass is 9.97. The maximum absolute atomic E-state index is 13.7. The normalized spacial score (nSPS) is 14.1. The Morgan fingerprint density at radius 2 is 1.97 bits per heavy atom. The van der Waals surface area contributed by atoms with Crippen LogP contribution >= 0.6 is 23.1 Å². The summed E-state index contributed by atoms with van der Waals surface area (Å²) in [6.45, 7) is 1.64. The van der Waals surface area contributed by atoms with Gasteiger partial charge < -0.3 is 10.5 Å². The van der Waals surface area contributed by atoms with Crippen LogP contribution in [0.4, 0.5) is 4.79 Å². The third kappa shape index (κ3) is 4.17. The summed E-state index contributed by atoms with van der Waals surface area (Å²) in [5.41, 5.74) is 6.64. The molecule has 1 aliphatic rings.